The van der Waals surface area contributed by atoms with E-state index >= 15 is 0 Å². The predicted molar refractivity (Wildman–Crippen MR) is 129 cm³/mol. The van der Waals surface area contributed by atoms with Crippen LogP contribution in [0, 0.1) is 0 Å². The molecule has 0 aliphatic carbocycles. The van der Waals surface area contributed by atoms with Crippen LogP contribution in [-0.4, -0.2) is 17.7 Å². The Bertz CT molecular complexity index is 916. The molecule has 0 saturated carbocycles. The summed E-state index contributed by atoms with van der Waals surface area (Å²) in [5.41, 5.74) is 5.52. The van der Waals surface area contributed by atoms with Gasteiger partial charge >= 0.3 is 5.97 Å². The van der Waals surface area contributed by atoms with Gasteiger partial charge in [0.1, 0.15) is 5.75 Å². The van der Waals surface area contributed by atoms with E-state index in [1.807, 2.05) is 12.2 Å². The number of ether oxygens (including phenoxy) is 1. The number of hydrogen-bond donors (Lipinski definition) is 1. The maximum atomic E-state index is 10.9. The minimum absolute atomic E-state index is 0.359. The molecular weight excluding hydrogens is 392 g/mol. The quantitative estimate of drug-likeness (QED) is 0.239. The molecule has 0 bridgehead atoms. The fourth-order valence-corrected chi connectivity index (χ4v) is 4.04. The lowest BCUT2D eigenvalue weighted by molar-refractivity contribution is -0.131. The summed E-state index contributed by atoms with van der Waals surface area (Å²) >= 11 is 1.65. The second-order valence-corrected chi connectivity index (χ2v) is 9.20. The van der Waals surface area contributed by atoms with E-state index in [0.29, 0.717) is 24.0 Å². The van der Waals surface area contributed by atoms with Crippen molar-refractivity contribution in [1.82, 2.24) is 0 Å². The maximum absolute atomic E-state index is 10.9. The molecule has 0 saturated heterocycles. The lowest BCUT2D eigenvalue weighted by Crippen LogP contribution is -2.05. The third-order valence-corrected chi connectivity index (χ3v) is 5.89. The fourth-order valence-electron chi connectivity index (χ4n) is 3.24. The minimum Gasteiger partial charge on any atom is -0.493 e. The van der Waals surface area contributed by atoms with Crippen molar-refractivity contribution < 1.29 is 14.6 Å². The number of thiophene rings is 1. The molecule has 0 radical (unpaired) electrons. The Labute approximate surface area is 185 Å². The first-order chi connectivity index (χ1) is 14.2. The highest BCUT2D eigenvalue weighted by molar-refractivity contribution is 7.11. The summed E-state index contributed by atoms with van der Waals surface area (Å²) in [7, 11) is 0. The van der Waals surface area contributed by atoms with E-state index in [9.17, 15) is 4.79 Å². The van der Waals surface area contributed by atoms with Crippen LogP contribution in [0.3, 0.4) is 0 Å². The van der Waals surface area contributed by atoms with Gasteiger partial charge in [0.2, 0.25) is 0 Å². The highest BCUT2D eigenvalue weighted by atomic mass is 32.1. The molecule has 1 aromatic heterocycles. The van der Waals surface area contributed by atoms with E-state index in [-0.39, 0.29) is 0 Å². The van der Waals surface area contributed by atoms with E-state index < -0.39 is 5.97 Å². The van der Waals surface area contributed by atoms with E-state index in [1.165, 1.54) is 17.2 Å². The molecule has 30 heavy (non-hydrogen) atoms. The van der Waals surface area contributed by atoms with Crippen LogP contribution in [0.2, 0.25) is 0 Å². The fraction of sp³-hybridized carbons (Fsp3) is 0.423. The molecule has 0 aliphatic rings. The molecule has 0 atom stereocenters. The molecule has 0 fully saturated rings. The van der Waals surface area contributed by atoms with Crippen LogP contribution in [0.4, 0.5) is 0 Å². The third-order valence-electron chi connectivity index (χ3n) is 5.01. The number of carbonyl (C=O) groups is 1. The van der Waals surface area contributed by atoms with Crippen LogP contribution in [0.5, 0.6) is 5.75 Å². The molecule has 3 nitrogen and oxygen atoms in total. The molecule has 0 aliphatic heterocycles. The molecule has 2 rings (SSSR count). The number of carboxylic acids is 1. The van der Waals surface area contributed by atoms with E-state index in [1.54, 1.807) is 18.3 Å². The van der Waals surface area contributed by atoms with E-state index in [0.717, 1.165) is 34.6 Å². The van der Waals surface area contributed by atoms with Gasteiger partial charge in [-0.3, -0.25) is 0 Å². The van der Waals surface area contributed by atoms with Gasteiger partial charge in [0.25, 0.3) is 0 Å². The molecule has 162 valence electrons. The molecule has 1 heterocycles. The average Bonchev–Trinajstić information content (AvgIpc) is 3.14. The topological polar surface area (TPSA) is 46.5 Å². The summed E-state index contributed by atoms with van der Waals surface area (Å²) in [6, 6.07) is 6.69. The van der Waals surface area contributed by atoms with Gasteiger partial charge in [0.05, 0.1) is 6.61 Å². The smallest absolute Gasteiger partial charge is 0.328 e. The SMILES string of the molecule is CCCCOc1c(-c2ccsc2C=CC(C)=CC(=O)O)cc(C(C)C)cc1C(C)C. The Morgan fingerprint density at radius 2 is 1.90 bits per heavy atom. The van der Waals surface area contributed by atoms with Crippen molar-refractivity contribution in [3.8, 4) is 16.9 Å². The summed E-state index contributed by atoms with van der Waals surface area (Å²) in [5, 5.41) is 11.0. The van der Waals surface area contributed by atoms with Crippen molar-refractivity contribution in [1.29, 1.82) is 0 Å². The summed E-state index contributed by atoms with van der Waals surface area (Å²) in [6.45, 7) is 13.5. The summed E-state index contributed by atoms with van der Waals surface area (Å²) in [4.78, 5) is 12.0. The van der Waals surface area contributed by atoms with Gasteiger partial charge in [-0.25, -0.2) is 4.79 Å². The largest absolute Gasteiger partial charge is 0.493 e. The number of rotatable bonds is 10. The Morgan fingerprint density at radius 3 is 2.50 bits per heavy atom. The highest BCUT2D eigenvalue weighted by Crippen LogP contribution is 2.42. The molecule has 0 spiro atoms. The third kappa shape index (κ3) is 6.33. The van der Waals surface area contributed by atoms with Crippen molar-refractivity contribution in [2.75, 3.05) is 6.61 Å². The molecular formula is C26H34O3S. The minimum atomic E-state index is -0.929. The second-order valence-electron chi connectivity index (χ2n) is 8.26. The monoisotopic (exact) mass is 426 g/mol. The number of hydrogen-bond acceptors (Lipinski definition) is 3. The summed E-state index contributed by atoms with van der Waals surface area (Å²) in [5.74, 6) is 0.830. The molecule has 0 unspecified atom stereocenters. The van der Waals surface area contributed by atoms with Crippen LogP contribution in [0.15, 0.2) is 41.3 Å². The second kappa shape index (κ2) is 11.2. The van der Waals surface area contributed by atoms with Gasteiger partial charge in [0.15, 0.2) is 0 Å². The lowest BCUT2D eigenvalue weighted by atomic mass is 9.89. The number of aliphatic carboxylic acids is 1. The van der Waals surface area contributed by atoms with Crippen LogP contribution in [-0.2, 0) is 4.79 Å². The molecule has 0 amide bonds. The Morgan fingerprint density at radius 1 is 1.17 bits per heavy atom. The number of unbranched alkanes of at least 4 members (excludes halogenated alkanes) is 1. The van der Waals surface area contributed by atoms with Crippen LogP contribution in [0.1, 0.15) is 82.2 Å². The zero-order valence-corrected chi connectivity index (χ0v) is 19.8. The first-order valence-electron chi connectivity index (χ1n) is 10.7. The molecule has 2 aromatic rings. The lowest BCUT2D eigenvalue weighted by Gasteiger charge is -2.21. The molecule has 4 heteroatoms. The Hall–Kier alpha value is -2.33. The number of benzene rings is 1. The van der Waals surface area contributed by atoms with Gasteiger partial charge in [-0.1, -0.05) is 53.2 Å². The van der Waals surface area contributed by atoms with Crippen LogP contribution >= 0.6 is 11.3 Å². The van der Waals surface area contributed by atoms with Gasteiger partial charge in [-0.2, -0.15) is 0 Å². The maximum Gasteiger partial charge on any atom is 0.328 e. The van der Waals surface area contributed by atoms with Crippen molar-refractivity contribution in [3.63, 3.8) is 0 Å². The van der Waals surface area contributed by atoms with Gasteiger partial charge in [-0.15, -0.1) is 11.3 Å². The summed E-state index contributed by atoms with van der Waals surface area (Å²) in [6.07, 6.45) is 7.20. The highest BCUT2D eigenvalue weighted by Gasteiger charge is 2.19. The normalized spacial score (nSPS) is 12.3. The van der Waals surface area contributed by atoms with Crippen LogP contribution < -0.4 is 4.74 Å². The Kier molecular flexibility index (Phi) is 8.91. The predicted octanol–water partition coefficient (Wildman–Crippen LogP) is 7.88. The zero-order chi connectivity index (χ0) is 22.3. The zero-order valence-electron chi connectivity index (χ0n) is 19.0. The van der Waals surface area contributed by atoms with E-state index in [4.69, 9.17) is 9.84 Å². The molecule has 1 aromatic carbocycles. The van der Waals surface area contributed by atoms with Gasteiger partial charge in [0, 0.05) is 22.1 Å². The number of allylic oxidation sites excluding steroid dienone is 2. The van der Waals surface area contributed by atoms with Crippen molar-refractivity contribution in [2.45, 2.75) is 66.2 Å². The van der Waals surface area contributed by atoms with Gasteiger partial charge < -0.3 is 9.84 Å². The Balaban J connectivity index is 2.61. The van der Waals surface area contributed by atoms with Crippen LogP contribution in [0.25, 0.3) is 17.2 Å². The number of carboxylic acid groups (broad SMARTS) is 1. The first kappa shape index (κ1) is 23.9. The van der Waals surface area contributed by atoms with Crippen molar-refractivity contribution >= 4 is 23.4 Å². The standard InChI is InChI=1S/C26H34O3S/c1-7-8-12-29-26-22(18(4)5)15-20(17(2)3)16-23(26)21-11-13-30-24(21)10-9-19(6)14-25(27)28/h9-11,13-18H,7-8,12H2,1-6H3,(H,27,28). The molecule has 1 N–H and O–H groups in total. The summed E-state index contributed by atoms with van der Waals surface area (Å²) < 4.78 is 6.35. The first-order valence-corrected chi connectivity index (χ1v) is 11.6. The average molecular weight is 427 g/mol. The van der Waals surface area contributed by atoms with E-state index in [2.05, 4.69) is 58.2 Å². The van der Waals surface area contributed by atoms with Gasteiger partial charge in [-0.05, 0) is 65.5 Å². The van der Waals surface area contributed by atoms with Crippen molar-refractivity contribution in [3.05, 3.63) is 57.3 Å². The van der Waals surface area contributed by atoms with Crippen molar-refractivity contribution in [2.24, 2.45) is 0 Å².